The second-order valence-electron chi connectivity index (χ2n) is 6.49. The average molecular weight is 288 g/mol. The van der Waals surface area contributed by atoms with Crippen LogP contribution in [0.1, 0.15) is 55.2 Å². The van der Waals surface area contributed by atoms with Gasteiger partial charge in [-0.25, -0.2) is 0 Å². The molecule has 1 saturated carbocycles. The summed E-state index contributed by atoms with van der Waals surface area (Å²) in [4.78, 5) is 11.4. The fraction of sp³-hybridized carbons (Fsp3) is 0.611. The molecule has 1 aliphatic rings. The van der Waals surface area contributed by atoms with Crippen LogP contribution in [0.4, 0.5) is 0 Å². The van der Waals surface area contributed by atoms with Gasteiger partial charge in [-0.3, -0.25) is 4.79 Å². The molecule has 2 rings (SSSR count). The van der Waals surface area contributed by atoms with Crippen LogP contribution < -0.4 is 11.1 Å². The fourth-order valence-electron chi connectivity index (χ4n) is 3.44. The molecule has 0 aromatic heterocycles. The minimum Gasteiger partial charge on any atom is -0.370 e. The maximum absolute atomic E-state index is 11.4. The van der Waals surface area contributed by atoms with Crippen LogP contribution >= 0.6 is 0 Å². The molecule has 3 nitrogen and oxygen atoms in total. The summed E-state index contributed by atoms with van der Waals surface area (Å²) in [6.45, 7) is 5.08. The average Bonchev–Trinajstić information content (AvgIpc) is 2.45. The lowest BCUT2D eigenvalue weighted by Crippen LogP contribution is -2.40. The first-order valence-corrected chi connectivity index (χ1v) is 8.14. The third kappa shape index (κ3) is 4.85. The number of hydrogen-bond acceptors (Lipinski definition) is 2. The van der Waals surface area contributed by atoms with Gasteiger partial charge in [-0.15, -0.1) is 0 Å². The number of amides is 1. The first kappa shape index (κ1) is 16.0. The van der Waals surface area contributed by atoms with Crippen molar-refractivity contribution in [1.29, 1.82) is 0 Å². The Morgan fingerprint density at radius 3 is 2.62 bits per heavy atom. The normalized spacial score (nSPS) is 17.6. The maximum atomic E-state index is 11.4. The van der Waals surface area contributed by atoms with Crippen molar-refractivity contribution in [1.82, 2.24) is 5.32 Å². The molecular weight excluding hydrogens is 260 g/mol. The SMILES string of the molecule is Cc1ccc(CNC(CC(N)=O)C2CCCCC2)c(C)c1. The molecular formula is C18H28N2O. The lowest BCUT2D eigenvalue weighted by atomic mass is 9.82. The number of primary amides is 1. The van der Waals surface area contributed by atoms with E-state index in [1.165, 1.54) is 48.8 Å². The number of benzene rings is 1. The van der Waals surface area contributed by atoms with Crippen LogP contribution in [0.2, 0.25) is 0 Å². The van der Waals surface area contributed by atoms with Crippen LogP contribution in [-0.2, 0) is 11.3 Å². The Balaban J connectivity index is 1.98. The van der Waals surface area contributed by atoms with Crippen molar-refractivity contribution in [3.63, 3.8) is 0 Å². The summed E-state index contributed by atoms with van der Waals surface area (Å²) in [7, 11) is 0. The second kappa shape index (κ2) is 7.60. The monoisotopic (exact) mass is 288 g/mol. The first-order valence-electron chi connectivity index (χ1n) is 8.14. The topological polar surface area (TPSA) is 55.1 Å². The summed E-state index contributed by atoms with van der Waals surface area (Å²) in [6.07, 6.45) is 6.79. The quantitative estimate of drug-likeness (QED) is 0.844. The predicted octanol–water partition coefficient (Wildman–Crippen LogP) is 3.22. The highest BCUT2D eigenvalue weighted by molar-refractivity contribution is 5.74. The van der Waals surface area contributed by atoms with Crippen LogP contribution in [0.25, 0.3) is 0 Å². The third-order valence-corrected chi connectivity index (χ3v) is 4.69. The van der Waals surface area contributed by atoms with Gasteiger partial charge in [0.05, 0.1) is 0 Å². The van der Waals surface area contributed by atoms with E-state index in [-0.39, 0.29) is 11.9 Å². The Labute approximate surface area is 128 Å². The first-order chi connectivity index (χ1) is 10.1. The molecule has 3 N–H and O–H groups in total. The van der Waals surface area contributed by atoms with Gasteiger partial charge in [0.1, 0.15) is 0 Å². The van der Waals surface area contributed by atoms with E-state index >= 15 is 0 Å². The van der Waals surface area contributed by atoms with Gasteiger partial charge >= 0.3 is 0 Å². The second-order valence-corrected chi connectivity index (χ2v) is 6.49. The Kier molecular flexibility index (Phi) is 5.80. The number of carbonyl (C=O) groups excluding carboxylic acids is 1. The molecule has 1 unspecified atom stereocenters. The molecule has 116 valence electrons. The molecule has 1 amide bonds. The zero-order valence-corrected chi connectivity index (χ0v) is 13.3. The van der Waals surface area contributed by atoms with Crippen LogP contribution in [0.5, 0.6) is 0 Å². The molecule has 1 aliphatic carbocycles. The summed E-state index contributed by atoms with van der Waals surface area (Å²) in [5.74, 6) is 0.399. The molecule has 1 aromatic carbocycles. The fourth-order valence-corrected chi connectivity index (χ4v) is 3.44. The van der Waals surface area contributed by atoms with Gasteiger partial charge in [-0.05, 0) is 43.7 Å². The Morgan fingerprint density at radius 1 is 1.29 bits per heavy atom. The highest BCUT2D eigenvalue weighted by Gasteiger charge is 2.24. The van der Waals surface area contributed by atoms with E-state index in [1.807, 2.05) is 0 Å². The number of nitrogens with one attached hydrogen (secondary N) is 1. The Hall–Kier alpha value is -1.35. The smallest absolute Gasteiger partial charge is 0.218 e. The van der Waals surface area contributed by atoms with Crippen molar-refractivity contribution in [3.05, 3.63) is 34.9 Å². The van der Waals surface area contributed by atoms with E-state index in [4.69, 9.17) is 5.73 Å². The summed E-state index contributed by atoms with van der Waals surface area (Å²) in [6, 6.07) is 6.76. The van der Waals surface area contributed by atoms with Crippen LogP contribution in [0.15, 0.2) is 18.2 Å². The zero-order chi connectivity index (χ0) is 15.2. The van der Waals surface area contributed by atoms with Gasteiger partial charge in [0, 0.05) is 19.0 Å². The van der Waals surface area contributed by atoms with Crippen LogP contribution in [-0.4, -0.2) is 11.9 Å². The standard InChI is InChI=1S/C18H28N2O/c1-13-8-9-16(14(2)10-13)12-20-17(11-18(19)21)15-6-4-3-5-7-15/h8-10,15,17,20H,3-7,11-12H2,1-2H3,(H2,19,21). The molecule has 1 aromatic rings. The molecule has 0 aliphatic heterocycles. The predicted molar refractivity (Wildman–Crippen MR) is 86.9 cm³/mol. The van der Waals surface area contributed by atoms with Gasteiger partial charge < -0.3 is 11.1 Å². The highest BCUT2D eigenvalue weighted by Crippen LogP contribution is 2.28. The summed E-state index contributed by atoms with van der Waals surface area (Å²) < 4.78 is 0. The van der Waals surface area contributed by atoms with Gasteiger partial charge in [-0.1, -0.05) is 43.0 Å². The molecule has 0 radical (unpaired) electrons. The maximum Gasteiger partial charge on any atom is 0.218 e. The lowest BCUT2D eigenvalue weighted by molar-refractivity contribution is -0.118. The number of aryl methyl sites for hydroxylation is 2. The van der Waals surface area contributed by atoms with Gasteiger partial charge in [0.25, 0.3) is 0 Å². The largest absolute Gasteiger partial charge is 0.370 e. The molecule has 0 spiro atoms. The minimum absolute atomic E-state index is 0.196. The Morgan fingerprint density at radius 2 is 2.00 bits per heavy atom. The van der Waals surface area contributed by atoms with E-state index in [2.05, 4.69) is 37.4 Å². The molecule has 0 saturated heterocycles. The van der Waals surface area contributed by atoms with Crippen molar-refractivity contribution in [3.8, 4) is 0 Å². The number of carbonyl (C=O) groups is 1. The van der Waals surface area contributed by atoms with Crippen LogP contribution in [0, 0.1) is 19.8 Å². The van der Waals surface area contributed by atoms with Gasteiger partial charge in [0.2, 0.25) is 5.91 Å². The zero-order valence-electron chi connectivity index (χ0n) is 13.3. The van der Waals surface area contributed by atoms with Crippen molar-refractivity contribution >= 4 is 5.91 Å². The van der Waals surface area contributed by atoms with Crippen LogP contribution in [0.3, 0.4) is 0 Å². The summed E-state index contributed by atoms with van der Waals surface area (Å²) in [5.41, 5.74) is 9.35. The summed E-state index contributed by atoms with van der Waals surface area (Å²) >= 11 is 0. The molecule has 1 atom stereocenters. The van der Waals surface area contributed by atoms with Gasteiger partial charge in [0.15, 0.2) is 0 Å². The minimum atomic E-state index is -0.196. The number of nitrogens with two attached hydrogens (primary N) is 1. The molecule has 21 heavy (non-hydrogen) atoms. The number of rotatable bonds is 6. The third-order valence-electron chi connectivity index (χ3n) is 4.69. The summed E-state index contributed by atoms with van der Waals surface area (Å²) in [5, 5.41) is 3.60. The van der Waals surface area contributed by atoms with Crippen molar-refractivity contribution in [2.45, 2.75) is 65.0 Å². The van der Waals surface area contributed by atoms with E-state index in [0.29, 0.717) is 12.3 Å². The van der Waals surface area contributed by atoms with Crippen molar-refractivity contribution < 1.29 is 4.79 Å². The Bertz CT molecular complexity index is 478. The van der Waals surface area contributed by atoms with E-state index in [0.717, 1.165) is 6.54 Å². The molecule has 0 bridgehead atoms. The van der Waals surface area contributed by atoms with E-state index < -0.39 is 0 Å². The highest BCUT2D eigenvalue weighted by atomic mass is 16.1. The lowest BCUT2D eigenvalue weighted by Gasteiger charge is -2.30. The van der Waals surface area contributed by atoms with Crippen molar-refractivity contribution in [2.24, 2.45) is 11.7 Å². The van der Waals surface area contributed by atoms with E-state index in [1.54, 1.807) is 0 Å². The number of hydrogen-bond donors (Lipinski definition) is 2. The molecule has 3 heteroatoms. The van der Waals surface area contributed by atoms with E-state index in [9.17, 15) is 4.79 Å². The molecule has 0 heterocycles. The molecule has 1 fully saturated rings. The van der Waals surface area contributed by atoms with Gasteiger partial charge in [-0.2, -0.15) is 0 Å². The van der Waals surface area contributed by atoms with Crippen molar-refractivity contribution in [2.75, 3.05) is 0 Å².